The number of aliphatic hydroxyl groups is 1. The first-order valence-electron chi connectivity index (χ1n) is 9.87. The highest BCUT2D eigenvalue weighted by molar-refractivity contribution is 5.41. The van der Waals surface area contributed by atoms with E-state index in [2.05, 4.69) is 17.0 Å². The van der Waals surface area contributed by atoms with Gasteiger partial charge in [0.25, 0.3) is 0 Å². The van der Waals surface area contributed by atoms with Crippen molar-refractivity contribution in [2.45, 2.75) is 58.1 Å². The van der Waals surface area contributed by atoms with Crippen molar-refractivity contribution in [2.24, 2.45) is 0 Å². The summed E-state index contributed by atoms with van der Waals surface area (Å²) in [5.41, 5.74) is 7.70. The van der Waals surface area contributed by atoms with Crippen molar-refractivity contribution in [1.82, 2.24) is 4.90 Å². The van der Waals surface area contributed by atoms with Gasteiger partial charge in [0.15, 0.2) is 0 Å². The number of halogens is 1. The molecule has 0 radical (unpaired) electrons. The molecule has 0 bridgehead atoms. The number of aryl methyl sites for hydroxylation is 3. The van der Waals surface area contributed by atoms with Gasteiger partial charge in [-0.05, 0) is 84.9 Å². The Morgan fingerprint density at radius 3 is 2.42 bits per heavy atom. The van der Waals surface area contributed by atoms with Crippen LogP contribution in [0, 0.1) is 12.7 Å². The first-order valence-corrected chi connectivity index (χ1v) is 9.87. The Kier molecular flexibility index (Phi) is 5.10. The topological polar surface area (TPSA) is 23.5 Å². The van der Waals surface area contributed by atoms with Gasteiger partial charge in [0.1, 0.15) is 5.82 Å². The SMILES string of the molecule is Cc1cc(CC(O)CN2CCc3cc4c(cc3C2)CCCC4)ccc1F. The van der Waals surface area contributed by atoms with Crippen LogP contribution >= 0.6 is 0 Å². The van der Waals surface area contributed by atoms with Gasteiger partial charge >= 0.3 is 0 Å². The van der Waals surface area contributed by atoms with Gasteiger partial charge in [-0.2, -0.15) is 0 Å². The van der Waals surface area contributed by atoms with Crippen LogP contribution in [0.4, 0.5) is 4.39 Å². The van der Waals surface area contributed by atoms with E-state index in [0.717, 1.165) is 25.1 Å². The first-order chi connectivity index (χ1) is 12.6. The molecule has 0 spiro atoms. The average molecular weight is 353 g/mol. The molecule has 0 fully saturated rings. The molecule has 2 aromatic rings. The van der Waals surface area contributed by atoms with E-state index in [0.29, 0.717) is 18.5 Å². The highest BCUT2D eigenvalue weighted by Gasteiger charge is 2.21. The van der Waals surface area contributed by atoms with E-state index >= 15 is 0 Å². The van der Waals surface area contributed by atoms with Crippen LogP contribution in [0.1, 0.15) is 46.2 Å². The number of benzene rings is 2. The monoisotopic (exact) mass is 353 g/mol. The largest absolute Gasteiger partial charge is 0.391 e. The fraction of sp³-hybridized carbons (Fsp3) is 0.478. The summed E-state index contributed by atoms with van der Waals surface area (Å²) < 4.78 is 13.4. The minimum absolute atomic E-state index is 0.181. The number of aliphatic hydroxyl groups excluding tert-OH is 1. The molecule has 1 N–H and O–H groups in total. The van der Waals surface area contributed by atoms with Gasteiger partial charge in [0, 0.05) is 19.6 Å². The van der Waals surface area contributed by atoms with Gasteiger partial charge in [0.2, 0.25) is 0 Å². The molecule has 2 aromatic carbocycles. The quantitative estimate of drug-likeness (QED) is 0.899. The summed E-state index contributed by atoms with van der Waals surface area (Å²) in [6, 6.07) is 9.99. The summed E-state index contributed by atoms with van der Waals surface area (Å²) >= 11 is 0. The van der Waals surface area contributed by atoms with Crippen molar-refractivity contribution in [3.05, 3.63) is 69.5 Å². The Bertz CT molecular complexity index is 801. The van der Waals surface area contributed by atoms with E-state index in [9.17, 15) is 9.50 Å². The zero-order valence-corrected chi connectivity index (χ0v) is 15.6. The van der Waals surface area contributed by atoms with E-state index < -0.39 is 6.10 Å². The van der Waals surface area contributed by atoms with Crippen LogP contribution in [0.3, 0.4) is 0 Å². The summed E-state index contributed by atoms with van der Waals surface area (Å²) in [4.78, 5) is 2.36. The molecule has 1 heterocycles. The third-order valence-corrected chi connectivity index (χ3v) is 5.92. The zero-order chi connectivity index (χ0) is 18.1. The molecule has 1 atom stereocenters. The maximum Gasteiger partial charge on any atom is 0.126 e. The van der Waals surface area contributed by atoms with Crippen molar-refractivity contribution >= 4 is 0 Å². The lowest BCUT2D eigenvalue weighted by Crippen LogP contribution is -2.37. The molecule has 3 heteroatoms. The number of nitrogens with zero attached hydrogens (tertiary/aromatic N) is 1. The third kappa shape index (κ3) is 3.84. The molecule has 1 aliphatic carbocycles. The summed E-state index contributed by atoms with van der Waals surface area (Å²) in [7, 11) is 0. The van der Waals surface area contributed by atoms with Gasteiger partial charge in [-0.15, -0.1) is 0 Å². The molecule has 138 valence electrons. The maximum atomic E-state index is 13.4. The lowest BCUT2D eigenvalue weighted by atomic mass is 9.86. The summed E-state index contributed by atoms with van der Waals surface area (Å²) in [5, 5.41) is 10.5. The fourth-order valence-corrected chi connectivity index (χ4v) is 4.49. The van der Waals surface area contributed by atoms with Crippen LogP contribution < -0.4 is 0 Å². The molecule has 4 rings (SSSR count). The lowest BCUT2D eigenvalue weighted by Gasteiger charge is -2.32. The average Bonchev–Trinajstić information content (AvgIpc) is 2.63. The molecule has 0 saturated carbocycles. The Morgan fingerprint density at radius 1 is 1.00 bits per heavy atom. The van der Waals surface area contributed by atoms with Crippen LogP contribution in [0.25, 0.3) is 0 Å². The normalized spacial score (nSPS) is 18.3. The van der Waals surface area contributed by atoms with Crippen LogP contribution in [-0.2, 0) is 32.2 Å². The molecule has 0 aromatic heterocycles. The molecular formula is C23H28FNO. The van der Waals surface area contributed by atoms with Crippen LogP contribution in [0.2, 0.25) is 0 Å². The van der Waals surface area contributed by atoms with Gasteiger partial charge in [0.05, 0.1) is 6.10 Å². The third-order valence-electron chi connectivity index (χ3n) is 5.92. The predicted molar refractivity (Wildman–Crippen MR) is 103 cm³/mol. The predicted octanol–water partition coefficient (Wildman–Crippen LogP) is 3.97. The number of fused-ring (bicyclic) bond motifs is 2. The number of rotatable bonds is 4. The van der Waals surface area contributed by atoms with E-state index in [1.165, 1.54) is 42.9 Å². The molecule has 0 amide bonds. The lowest BCUT2D eigenvalue weighted by molar-refractivity contribution is 0.105. The number of hydrogen-bond donors (Lipinski definition) is 1. The van der Waals surface area contributed by atoms with Crippen molar-refractivity contribution in [3.63, 3.8) is 0 Å². The summed E-state index contributed by atoms with van der Waals surface area (Å²) in [6.07, 6.45) is 6.33. The molecule has 26 heavy (non-hydrogen) atoms. The fourth-order valence-electron chi connectivity index (χ4n) is 4.49. The Balaban J connectivity index is 1.39. The summed E-state index contributed by atoms with van der Waals surface area (Å²) in [6.45, 7) is 4.38. The minimum atomic E-state index is -0.418. The second-order valence-electron chi connectivity index (χ2n) is 8.02. The molecule has 2 nitrogen and oxygen atoms in total. The zero-order valence-electron chi connectivity index (χ0n) is 15.6. The minimum Gasteiger partial charge on any atom is -0.391 e. The van der Waals surface area contributed by atoms with Gasteiger partial charge < -0.3 is 5.11 Å². The van der Waals surface area contributed by atoms with E-state index in [-0.39, 0.29) is 5.82 Å². The van der Waals surface area contributed by atoms with E-state index in [4.69, 9.17) is 0 Å². The number of β-amino-alcohol motifs (C(OH)–C–C–N with tert-alkyl or cyclic N) is 1. The highest BCUT2D eigenvalue weighted by atomic mass is 19.1. The Morgan fingerprint density at radius 2 is 1.69 bits per heavy atom. The number of hydrogen-bond acceptors (Lipinski definition) is 2. The molecular weight excluding hydrogens is 325 g/mol. The molecule has 1 unspecified atom stereocenters. The van der Waals surface area contributed by atoms with E-state index in [1.54, 1.807) is 24.1 Å². The standard InChI is InChI=1S/C23H28FNO/c1-16-10-17(6-7-23(16)24)11-22(26)15-25-9-8-20-12-18-4-2-3-5-19(18)13-21(20)14-25/h6-7,10,12-13,22,26H,2-5,8-9,11,14-15H2,1H3. The van der Waals surface area contributed by atoms with Gasteiger partial charge in [-0.3, -0.25) is 4.90 Å². The van der Waals surface area contributed by atoms with Gasteiger partial charge in [-0.1, -0.05) is 24.3 Å². The van der Waals surface area contributed by atoms with Crippen molar-refractivity contribution in [3.8, 4) is 0 Å². The Labute approximate surface area is 155 Å². The van der Waals surface area contributed by atoms with Crippen LogP contribution in [0.5, 0.6) is 0 Å². The van der Waals surface area contributed by atoms with Crippen molar-refractivity contribution < 1.29 is 9.50 Å². The molecule has 2 aliphatic rings. The highest BCUT2D eigenvalue weighted by Crippen LogP contribution is 2.28. The summed E-state index contributed by atoms with van der Waals surface area (Å²) in [5.74, 6) is -0.181. The molecule has 0 saturated heterocycles. The smallest absolute Gasteiger partial charge is 0.126 e. The van der Waals surface area contributed by atoms with Gasteiger partial charge in [-0.25, -0.2) is 4.39 Å². The van der Waals surface area contributed by atoms with Crippen molar-refractivity contribution in [2.75, 3.05) is 13.1 Å². The maximum absolute atomic E-state index is 13.4. The second-order valence-corrected chi connectivity index (χ2v) is 8.02. The second kappa shape index (κ2) is 7.50. The van der Waals surface area contributed by atoms with Crippen LogP contribution in [-0.4, -0.2) is 29.2 Å². The van der Waals surface area contributed by atoms with Crippen molar-refractivity contribution in [1.29, 1.82) is 0 Å². The molecule has 1 aliphatic heterocycles. The Hall–Kier alpha value is -1.71. The van der Waals surface area contributed by atoms with E-state index in [1.807, 2.05) is 6.07 Å². The van der Waals surface area contributed by atoms with Crippen LogP contribution in [0.15, 0.2) is 30.3 Å². The first kappa shape index (κ1) is 17.7.